The van der Waals surface area contributed by atoms with Gasteiger partial charge in [0, 0.05) is 42.7 Å². The molecule has 10 heteroatoms. The number of nitrogens with two attached hydrogens (primary N) is 1. The molecule has 0 fully saturated rings. The molecule has 0 aliphatic rings. The number of nitrogens with one attached hydrogen (secondary N) is 1. The molecule has 0 atom stereocenters. The first-order valence-electron chi connectivity index (χ1n) is 9.54. The van der Waals surface area contributed by atoms with E-state index >= 15 is 0 Å². The van der Waals surface area contributed by atoms with Gasteiger partial charge in [0.25, 0.3) is 0 Å². The zero-order valence-corrected chi connectivity index (χ0v) is 18.5. The van der Waals surface area contributed by atoms with Gasteiger partial charge in [-0.25, -0.2) is 18.5 Å². The van der Waals surface area contributed by atoms with Crippen LogP contribution in [0.1, 0.15) is 11.3 Å². The van der Waals surface area contributed by atoms with E-state index in [9.17, 15) is 8.42 Å². The van der Waals surface area contributed by atoms with E-state index in [-0.39, 0.29) is 4.90 Å². The van der Waals surface area contributed by atoms with Crippen molar-refractivity contribution in [2.24, 2.45) is 12.2 Å². The van der Waals surface area contributed by atoms with Gasteiger partial charge in [0.1, 0.15) is 5.82 Å². The lowest BCUT2D eigenvalue weighted by Crippen LogP contribution is -2.13. The molecule has 4 aromatic rings. The summed E-state index contributed by atoms with van der Waals surface area (Å²) >= 11 is 0. The first-order chi connectivity index (χ1) is 14.6. The Hall–Kier alpha value is -3.50. The Kier molecular flexibility index (Phi) is 5.11. The molecule has 0 amide bonds. The number of fused-ring (bicyclic) bond motifs is 1. The molecule has 0 unspecified atom stereocenters. The van der Waals surface area contributed by atoms with E-state index in [1.54, 1.807) is 18.3 Å². The standard InChI is InChI=1S/C21H23N7O2S/c1-13-5-7-16(31(22,29)30)12-18(13)24-21-23-10-9-20(25-21)27(3)15-6-8-17-14(2)28(4)26-19(17)11-15/h5-12H,1-4H3,(H2,22,29,30)(H,23,24,25). The number of primary sulfonamides is 1. The number of hydrogen-bond acceptors (Lipinski definition) is 7. The first kappa shape index (κ1) is 20.8. The topological polar surface area (TPSA) is 119 Å². The average molecular weight is 438 g/mol. The predicted octanol–water partition coefficient (Wildman–Crippen LogP) is 3.14. The summed E-state index contributed by atoms with van der Waals surface area (Å²) in [7, 11) is 0.0292. The average Bonchev–Trinajstić information content (AvgIpc) is 3.01. The maximum absolute atomic E-state index is 11.7. The Balaban J connectivity index is 1.64. The van der Waals surface area contributed by atoms with Crippen molar-refractivity contribution >= 4 is 44.1 Å². The molecule has 2 aromatic heterocycles. The zero-order chi connectivity index (χ0) is 22.3. The van der Waals surface area contributed by atoms with E-state index in [0.29, 0.717) is 17.5 Å². The van der Waals surface area contributed by atoms with Crippen molar-refractivity contribution in [1.82, 2.24) is 19.7 Å². The Labute approximate surface area is 180 Å². The number of nitrogens with zero attached hydrogens (tertiary/aromatic N) is 5. The summed E-state index contributed by atoms with van der Waals surface area (Å²) in [6, 6.07) is 12.5. The summed E-state index contributed by atoms with van der Waals surface area (Å²) in [4.78, 5) is 10.8. The molecule has 31 heavy (non-hydrogen) atoms. The fourth-order valence-electron chi connectivity index (χ4n) is 3.29. The number of anilines is 4. The Morgan fingerprint density at radius 2 is 1.87 bits per heavy atom. The van der Waals surface area contributed by atoms with Crippen molar-refractivity contribution in [3.05, 3.63) is 59.9 Å². The molecule has 160 valence electrons. The molecule has 0 aliphatic heterocycles. The SMILES string of the molecule is Cc1ccc(S(N)(=O)=O)cc1Nc1nccc(N(C)c2ccc3c(C)n(C)nc3c2)n1. The minimum Gasteiger partial charge on any atom is -0.329 e. The molecule has 3 N–H and O–H groups in total. The van der Waals surface area contributed by atoms with Crippen molar-refractivity contribution in [1.29, 1.82) is 0 Å². The molecule has 2 heterocycles. The zero-order valence-electron chi connectivity index (χ0n) is 17.7. The summed E-state index contributed by atoms with van der Waals surface area (Å²) in [5, 5.41) is 14.0. The number of benzene rings is 2. The van der Waals surface area contributed by atoms with Crippen LogP contribution in [0.25, 0.3) is 10.9 Å². The molecule has 0 saturated heterocycles. The van der Waals surface area contributed by atoms with E-state index in [1.807, 2.05) is 55.7 Å². The lowest BCUT2D eigenvalue weighted by molar-refractivity contribution is 0.598. The Morgan fingerprint density at radius 1 is 1.10 bits per heavy atom. The van der Waals surface area contributed by atoms with Crippen LogP contribution < -0.4 is 15.4 Å². The highest BCUT2D eigenvalue weighted by Crippen LogP contribution is 2.28. The summed E-state index contributed by atoms with van der Waals surface area (Å²) in [5.41, 5.74) is 4.35. The molecule has 2 aromatic carbocycles. The number of aryl methyl sites for hydroxylation is 3. The summed E-state index contributed by atoms with van der Waals surface area (Å²) in [6.07, 6.45) is 1.64. The van der Waals surface area contributed by atoms with Crippen LogP contribution >= 0.6 is 0 Å². The van der Waals surface area contributed by atoms with E-state index in [2.05, 4.69) is 20.4 Å². The molecule has 4 rings (SSSR count). The molecule has 0 radical (unpaired) electrons. The second-order valence-electron chi connectivity index (χ2n) is 7.35. The van der Waals surface area contributed by atoms with Crippen LogP contribution in [-0.2, 0) is 17.1 Å². The van der Waals surface area contributed by atoms with Gasteiger partial charge in [0.05, 0.1) is 10.4 Å². The van der Waals surface area contributed by atoms with Gasteiger partial charge in [-0.3, -0.25) is 4.68 Å². The van der Waals surface area contributed by atoms with Crippen LogP contribution in [-0.4, -0.2) is 35.2 Å². The van der Waals surface area contributed by atoms with Gasteiger partial charge < -0.3 is 10.2 Å². The van der Waals surface area contributed by atoms with Crippen LogP contribution in [0.5, 0.6) is 0 Å². The van der Waals surface area contributed by atoms with Crippen LogP contribution in [0.3, 0.4) is 0 Å². The largest absolute Gasteiger partial charge is 0.329 e. The van der Waals surface area contributed by atoms with E-state index in [1.165, 1.54) is 12.1 Å². The van der Waals surface area contributed by atoms with Crippen LogP contribution in [0.2, 0.25) is 0 Å². The van der Waals surface area contributed by atoms with Gasteiger partial charge in [-0.2, -0.15) is 10.1 Å². The van der Waals surface area contributed by atoms with Gasteiger partial charge in [-0.1, -0.05) is 6.07 Å². The van der Waals surface area contributed by atoms with E-state index in [0.717, 1.165) is 27.8 Å². The van der Waals surface area contributed by atoms with Crippen LogP contribution in [0.4, 0.5) is 23.1 Å². The Bertz CT molecular complexity index is 1400. The fourth-order valence-corrected chi connectivity index (χ4v) is 3.83. The minimum atomic E-state index is -3.81. The van der Waals surface area contributed by atoms with Crippen molar-refractivity contribution < 1.29 is 8.42 Å². The van der Waals surface area contributed by atoms with Gasteiger partial charge in [-0.05, 0) is 55.8 Å². The van der Waals surface area contributed by atoms with Crippen LogP contribution in [0.15, 0.2) is 53.6 Å². The predicted molar refractivity (Wildman–Crippen MR) is 121 cm³/mol. The molecular formula is C21H23N7O2S. The molecule has 0 spiro atoms. The lowest BCUT2D eigenvalue weighted by Gasteiger charge is -2.19. The Morgan fingerprint density at radius 3 is 2.61 bits per heavy atom. The molecule has 0 saturated carbocycles. The highest BCUT2D eigenvalue weighted by atomic mass is 32.2. The maximum Gasteiger partial charge on any atom is 0.238 e. The van der Waals surface area contributed by atoms with Crippen molar-refractivity contribution in [2.45, 2.75) is 18.7 Å². The second-order valence-corrected chi connectivity index (χ2v) is 8.92. The third-order valence-electron chi connectivity index (χ3n) is 5.27. The highest BCUT2D eigenvalue weighted by Gasteiger charge is 2.13. The molecule has 0 bridgehead atoms. The minimum absolute atomic E-state index is 0.0211. The first-order valence-corrected chi connectivity index (χ1v) is 11.1. The van der Waals surface area contributed by atoms with Crippen molar-refractivity contribution in [3.8, 4) is 0 Å². The van der Waals surface area contributed by atoms with E-state index in [4.69, 9.17) is 5.14 Å². The molecular weight excluding hydrogens is 414 g/mol. The number of sulfonamides is 1. The van der Waals surface area contributed by atoms with Gasteiger partial charge in [-0.15, -0.1) is 0 Å². The number of hydrogen-bond donors (Lipinski definition) is 2. The number of aromatic nitrogens is 4. The summed E-state index contributed by atoms with van der Waals surface area (Å²) < 4.78 is 25.2. The smallest absolute Gasteiger partial charge is 0.238 e. The van der Waals surface area contributed by atoms with Crippen molar-refractivity contribution in [3.63, 3.8) is 0 Å². The number of rotatable bonds is 5. The fraction of sp³-hybridized carbons (Fsp3) is 0.190. The highest BCUT2D eigenvalue weighted by molar-refractivity contribution is 7.89. The van der Waals surface area contributed by atoms with Gasteiger partial charge in [0.2, 0.25) is 16.0 Å². The molecule has 0 aliphatic carbocycles. The lowest BCUT2D eigenvalue weighted by atomic mass is 10.2. The third-order valence-corrected chi connectivity index (χ3v) is 6.18. The van der Waals surface area contributed by atoms with Crippen molar-refractivity contribution in [2.75, 3.05) is 17.3 Å². The molecule has 9 nitrogen and oxygen atoms in total. The quantitative estimate of drug-likeness (QED) is 0.492. The van der Waals surface area contributed by atoms with Crippen LogP contribution in [0, 0.1) is 13.8 Å². The second kappa shape index (κ2) is 7.64. The van der Waals surface area contributed by atoms with Gasteiger partial charge >= 0.3 is 0 Å². The summed E-state index contributed by atoms with van der Waals surface area (Å²) in [5.74, 6) is 1.01. The normalized spacial score (nSPS) is 11.6. The van der Waals surface area contributed by atoms with Gasteiger partial charge in [0.15, 0.2) is 0 Å². The van der Waals surface area contributed by atoms with E-state index < -0.39 is 10.0 Å². The maximum atomic E-state index is 11.7. The summed E-state index contributed by atoms with van der Waals surface area (Å²) in [6.45, 7) is 3.89. The monoisotopic (exact) mass is 437 g/mol. The third kappa shape index (κ3) is 4.07.